The van der Waals surface area contributed by atoms with E-state index >= 15 is 0 Å². The van der Waals surface area contributed by atoms with E-state index in [0.717, 1.165) is 6.54 Å². The van der Waals surface area contributed by atoms with Crippen molar-refractivity contribution in [1.29, 1.82) is 5.41 Å². The van der Waals surface area contributed by atoms with Crippen molar-refractivity contribution in [2.24, 2.45) is 11.7 Å². The highest BCUT2D eigenvalue weighted by Crippen LogP contribution is 2.24. The lowest BCUT2D eigenvalue weighted by Crippen LogP contribution is -2.31. The number of carbonyl (C=O) groups excluding carboxylic acids is 1. The number of amides is 1. The second-order valence-corrected chi connectivity index (χ2v) is 5.38. The van der Waals surface area contributed by atoms with E-state index < -0.39 is 5.91 Å². The van der Waals surface area contributed by atoms with Crippen molar-refractivity contribution in [3.8, 4) is 0 Å². The third-order valence-electron chi connectivity index (χ3n) is 3.55. The van der Waals surface area contributed by atoms with Crippen LogP contribution in [0.15, 0.2) is 12.3 Å². The van der Waals surface area contributed by atoms with Gasteiger partial charge in [-0.05, 0) is 24.8 Å². The Morgan fingerprint density at radius 3 is 2.72 bits per heavy atom. The topological polar surface area (TPSA) is 71.9 Å². The van der Waals surface area contributed by atoms with Crippen LogP contribution in [0.3, 0.4) is 0 Å². The second-order valence-electron chi connectivity index (χ2n) is 4.94. The van der Waals surface area contributed by atoms with Gasteiger partial charge in [-0.3, -0.25) is 10.2 Å². The van der Waals surface area contributed by atoms with Crippen molar-refractivity contribution in [2.75, 3.05) is 0 Å². The zero-order chi connectivity index (χ0) is 13.1. The van der Waals surface area contributed by atoms with Crippen molar-refractivity contribution < 1.29 is 4.79 Å². The summed E-state index contributed by atoms with van der Waals surface area (Å²) >= 11 is 5.97. The number of primary amides is 1. The van der Waals surface area contributed by atoms with E-state index in [0.29, 0.717) is 10.9 Å². The molecular formula is C13H18ClN3O. The molecule has 0 aliphatic heterocycles. The molecule has 1 aliphatic rings. The van der Waals surface area contributed by atoms with Crippen LogP contribution < -0.4 is 11.2 Å². The van der Waals surface area contributed by atoms with Crippen molar-refractivity contribution in [3.05, 3.63) is 28.3 Å². The summed E-state index contributed by atoms with van der Waals surface area (Å²) in [5, 5.41) is 8.45. The first-order valence-corrected chi connectivity index (χ1v) is 6.70. The molecule has 3 N–H and O–H groups in total. The second kappa shape index (κ2) is 5.57. The SMILES string of the molecule is N=c1c(C(N)=O)cc(Cl)cn1CC1CCCCC1. The molecule has 0 spiro atoms. The smallest absolute Gasteiger partial charge is 0.252 e. The van der Waals surface area contributed by atoms with E-state index in [2.05, 4.69) is 0 Å². The van der Waals surface area contributed by atoms with Gasteiger partial charge < -0.3 is 10.3 Å². The Kier molecular flexibility index (Phi) is 4.07. The van der Waals surface area contributed by atoms with Gasteiger partial charge in [0.1, 0.15) is 5.49 Å². The predicted molar refractivity (Wildman–Crippen MR) is 70.4 cm³/mol. The highest BCUT2D eigenvalue weighted by Gasteiger charge is 2.15. The Balaban J connectivity index is 2.26. The van der Waals surface area contributed by atoms with Crippen molar-refractivity contribution in [1.82, 2.24) is 4.57 Å². The molecule has 4 nitrogen and oxygen atoms in total. The maximum atomic E-state index is 11.2. The van der Waals surface area contributed by atoms with Crippen LogP contribution in [-0.2, 0) is 6.54 Å². The average molecular weight is 268 g/mol. The minimum atomic E-state index is -0.597. The number of nitrogens with zero attached hydrogens (tertiary/aromatic N) is 1. The van der Waals surface area contributed by atoms with Gasteiger partial charge in [-0.2, -0.15) is 0 Å². The predicted octanol–water partition coefficient (Wildman–Crippen LogP) is 2.30. The molecule has 0 radical (unpaired) electrons. The summed E-state index contributed by atoms with van der Waals surface area (Å²) in [6.07, 6.45) is 7.89. The highest BCUT2D eigenvalue weighted by atomic mass is 35.5. The fourth-order valence-electron chi connectivity index (χ4n) is 2.59. The highest BCUT2D eigenvalue weighted by molar-refractivity contribution is 6.30. The molecule has 98 valence electrons. The molecule has 1 aromatic heterocycles. The molecule has 0 saturated heterocycles. The van der Waals surface area contributed by atoms with Crippen molar-refractivity contribution in [2.45, 2.75) is 38.6 Å². The third kappa shape index (κ3) is 2.93. The number of pyridine rings is 1. The Morgan fingerprint density at radius 2 is 2.11 bits per heavy atom. The lowest BCUT2D eigenvalue weighted by atomic mass is 9.89. The van der Waals surface area contributed by atoms with Crippen LogP contribution in [0.5, 0.6) is 0 Å². The molecule has 18 heavy (non-hydrogen) atoms. The molecule has 5 heteroatoms. The Morgan fingerprint density at radius 1 is 1.44 bits per heavy atom. The number of nitrogens with one attached hydrogen (secondary N) is 1. The monoisotopic (exact) mass is 267 g/mol. The molecule has 1 aromatic rings. The quantitative estimate of drug-likeness (QED) is 0.867. The molecule has 0 bridgehead atoms. The Hall–Kier alpha value is -1.29. The zero-order valence-electron chi connectivity index (χ0n) is 10.3. The number of hydrogen-bond donors (Lipinski definition) is 2. The molecule has 1 fully saturated rings. The van der Waals surface area contributed by atoms with Crippen molar-refractivity contribution >= 4 is 17.5 Å². The van der Waals surface area contributed by atoms with Crippen LogP contribution in [-0.4, -0.2) is 10.5 Å². The van der Waals surface area contributed by atoms with Gasteiger partial charge in [-0.15, -0.1) is 0 Å². The number of rotatable bonds is 3. The summed E-state index contributed by atoms with van der Waals surface area (Å²) < 4.78 is 1.75. The summed E-state index contributed by atoms with van der Waals surface area (Å²) in [5.74, 6) is -0.0214. The molecular weight excluding hydrogens is 250 g/mol. The standard InChI is InChI=1S/C13H18ClN3O/c14-10-6-11(13(16)18)12(15)17(8-10)7-9-4-2-1-3-5-9/h6,8-9,15H,1-5,7H2,(H2,16,18). The lowest BCUT2D eigenvalue weighted by molar-refractivity contribution is 0.0997. The molecule has 0 aromatic carbocycles. The summed E-state index contributed by atoms with van der Waals surface area (Å²) in [7, 11) is 0. The molecule has 1 saturated carbocycles. The van der Waals surface area contributed by atoms with Crippen LogP contribution in [0.25, 0.3) is 0 Å². The van der Waals surface area contributed by atoms with Gasteiger partial charge in [0.05, 0.1) is 10.6 Å². The number of aromatic nitrogens is 1. The zero-order valence-corrected chi connectivity index (χ0v) is 11.0. The Bertz CT molecular complexity index is 503. The largest absolute Gasteiger partial charge is 0.365 e. The van der Waals surface area contributed by atoms with Gasteiger partial charge in [0.15, 0.2) is 0 Å². The van der Waals surface area contributed by atoms with Crippen molar-refractivity contribution in [3.63, 3.8) is 0 Å². The first kappa shape index (κ1) is 13.1. The number of hydrogen-bond acceptors (Lipinski definition) is 2. The maximum Gasteiger partial charge on any atom is 0.252 e. The number of nitrogens with two attached hydrogens (primary N) is 1. The first-order valence-electron chi connectivity index (χ1n) is 6.32. The van der Waals surface area contributed by atoms with E-state index in [-0.39, 0.29) is 11.1 Å². The van der Waals surface area contributed by atoms with Gasteiger partial charge >= 0.3 is 0 Å². The van der Waals surface area contributed by atoms with Gasteiger partial charge in [0.2, 0.25) is 0 Å². The van der Waals surface area contributed by atoms with E-state index in [1.165, 1.54) is 38.2 Å². The lowest BCUT2D eigenvalue weighted by Gasteiger charge is -2.23. The molecule has 0 unspecified atom stereocenters. The summed E-state index contributed by atoms with van der Waals surface area (Å²) in [6.45, 7) is 0.750. The number of halogens is 1. The van der Waals surface area contributed by atoms with Gasteiger partial charge in [-0.1, -0.05) is 30.9 Å². The molecule has 0 atom stereocenters. The Labute approximate surface area is 111 Å². The molecule has 2 rings (SSSR count). The van der Waals surface area contributed by atoms with Crippen LogP contribution >= 0.6 is 11.6 Å². The molecule has 1 amide bonds. The summed E-state index contributed by atoms with van der Waals surface area (Å²) in [4.78, 5) is 11.2. The normalized spacial score (nSPS) is 16.7. The average Bonchev–Trinajstić information content (AvgIpc) is 2.34. The van der Waals surface area contributed by atoms with E-state index in [9.17, 15) is 4.79 Å². The van der Waals surface area contributed by atoms with Gasteiger partial charge in [-0.25, -0.2) is 0 Å². The maximum absolute atomic E-state index is 11.2. The fraction of sp³-hybridized carbons (Fsp3) is 0.538. The van der Waals surface area contributed by atoms with Crippen LogP contribution in [0.2, 0.25) is 5.02 Å². The molecule has 1 aliphatic carbocycles. The first-order chi connectivity index (χ1) is 8.58. The summed E-state index contributed by atoms with van der Waals surface area (Å²) in [5.41, 5.74) is 5.61. The minimum Gasteiger partial charge on any atom is -0.365 e. The van der Waals surface area contributed by atoms with Gasteiger partial charge in [0, 0.05) is 12.7 Å². The van der Waals surface area contributed by atoms with E-state index in [1.54, 1.807) is 10.8 Å². The summed E-state index contributed by atoms with van der Waals surface area (Å²) in [6, 6.07) is 1.46. The minimum absolute atomic E-state index is 0.164. The molecule has 1 heterocycles. The fourth-order valence-corrected chi connectivity index (χ4v) is 2.82. The van der Waals surface area contributed by atoms with E-state index in [1.807, 2.05) is 0 Å². The number of carbonyl (C=O) groups is 1. The van der Waals surface area contributed by atoms with Crippen LogP contribution in [0.4, 0.5) is 0 Å². The van der Waals surface area contributed by atoms with Crippen LogP contribution in [0.1, 0.15) is 42.5 Å². The third-order valence-corrected chi connectivity index (χ3v) is 3.76. The van der Waals surface area contributed by atoms with E-state index in [4.69, 9.17) is 22.7 Å². The van der Waals surface area contributed by atoms with Crippen LogP contribution in [0, 0.1) is 11.3 Å². The van der Waals surface area contributed by atoms with Gasteiger partial charge in [0.25, 0.3) is 5.91 Å².